The molecule has 62 valence electrons. The zero-order chi connectivity index (χ0) is 5.91. The molecule has 0 aromatic rings. The fourth-order valence-corrected chi connectivity index (χ4v) is 0.144. The van der Waals surface area contributed by atoms with Gasteiger partial charge in [0.05, 0.1) is 0 Å². The summed E-state index contributed by atoms with van der Waals surface area (Å²) < 4.78 is 4.58. The topological polar surface area (TPSA) is 35.2 Å². The molecule has 2 N–H and O–H groups in total. The normalized spacial score (nSPS) is 13.3. The number of methoxy groups -OCH3 is 1. The molecule has 0 radical (unpaired) electrons. The van der Waals surface area contributed by atoms with Crippen LogP contribution in [0.3, 0.4) is 0 Å². The molecule has 1 unspecified atom stereocenters. The summed E-state index contributed by atoms with van der Waals surface area (Å²) in [5.41, 5.74) is 5.53. The molecule has 0 aliphatic carbocycles. The van der Waals surface area contributed by atoms with Gasteiger partial charge in [0.2, 0.25) is 0 Å². The van der Waals surface area contributed by atoms with E-state index in [2.05, 4.69) is 0 Å². The third-order valence-corrected chi connectivity index (χ3v) is 2.48. The molecule has 0 spiro atoms. The molecule has 0 aliphatic rings. The van der Waals surface area contributed by atoms with Crippen molar-refractivity contribution in [2.75, 3.05) is 7.11 Å². The Hall–Kier alpha value is 1.59. The van der Waals surface area contributed by atoms with Gasteiger partial charge in [-0.15, -0.1) is 0 Å². The molecule has 1 atom stereocenters. The summed E-state index contributed by atoms with van der Waals surface area (Å²) in [6, 6.07) is 0. The van der Waals surface area contributed by atoms with Crippen LogP contribution in [0.1, 0.15) is 13.3 Å². The Kier molecular flexibility index (Phi) is 23.9. The van der Waals surface area contributed by atoms with E-state index in [0.29, 0.717) is 0 Å². The van der Waals surface area contributed by atoms with Crippen molar-refractivity contribution >= 4 is 22.5 Å². The first-order chi connectivity index (χ1) is 3.12. The first-order valence-corrected chi connectivity index (χ1v) is 3.64. The van der Waals surface area contributed by atoms with Gasteiger partial charge < -0.3 is 37.2 Å². The van der Waals surface area contributed by atoms with E-state index in [4.69, 9.17) is 10.5 Å². The fraction of sp³-hybridized carbons (Fsp3) is 1.00. The van der Waals surface area contributed by atoms with Crippen molar-refractivity contribution in [3.8, 4) is 0 Å². The van der Waals surface area contributed by atoms with Crippen LogP contribution in [0.2, 0.25) is 0 Å². The molecule has 0 heterocycles. The van der Waals surface area contributed by atoms with Gasteiger partial charge in [-0.25, -0.2) is 0 Å². The second-order valence-electron chi connectivity index (χ2n) is 1.45. The second-order valence-corrected chi connectivity index (χ2v) is 3.86. The van der Waals surface area contributed by atoms with Crippen molar-refractivity contribution < 1.29 is 42.0 Å². The molecule has 2 nitrogen and oxygen atoms in total. The number of ether oxygens (including phenoxy) is 1. The minimum absolute atomic E-state index is 0. The van der Waals surface area contributed by atoms with Crippen molar-refractivity contribution in [3.05, 3.63) is 0 Å². The number of hydrogen-bond donors (Lipinski definition) is 1. The molecule has 0 amide bonds. The third-order valence-electron chi connectivity index (χ3n) is 0.889. The first kappa shape index (κ1) is 22.6. The Morgan fingerprint density at radius 2 is 1.70 bits per heavy atom. The zero-order valence-electron chi connectivity index (χ0n) is 5.83. The first-order valence-electron chi connectivity index (χ1n) is 2.21. The smallest absolute Gasteiger partial charge is 1.00 e. The summed E-state index contributed by atoms with van der Waals surface area (Å²) in [5.74, 6) is 0. The minimum atomic E-state index is -0.327. The van der Waals surface area contributed by atoms with Crippen LogP contribution in [-0.4, -0.2) is 33.4 Å². The Morgan fingerprint density at radius 1 is 1.40 bits per heavy atom. The summed E-state index contributed by atoms with van der Waals surface area (Å²) in [5, 5.41) is 0. The van der Waals surface area contributed by atoms with Crippen molar-refractivity contribution in [2.45, 2.75) is 17.1 Å². The molecular formula is C4H10Cl3NOSn. The number of halogens is 3. The van der Waals surface area contributed by atoms with Crippen LogP contribution in [0, 0.1) is 0 Å². The van der Waals surface area contributed by atoms with Gasteiger partial charge in [-0.05, 0) is 0 Å². The average Bonchev–Trinajstić information content (AvgIpc) is 1.68. The van der Waals surface area contributed by atoms with Gasteiger partial charge >= 0.3 is 57.2 Å². The molecule has 0 bridgehead atoms. The summed E-state index contributed by atoms with van der Waals surface area (Å²) in [6.45, 7) is 2.01. The molecule has 10 heavy (non-hydrogen) atoms. The van der Waals surface area contributed by atoms with Crippen molar-refractivity contribution in [3.63, 3.8) is 0 Å². The second kappa shape index (κ2) is 10.6. The fourth-order valence-electron chi connectivity index (χ4n) is 0.144. The maximum atomic E-state index is 5.53. The molecule has 0 aliphatic heterocycles. The predicted octanol–water partition coefficient (Wildman–Crippen LogP) is -9.16. The molecular weight excluding hydrogens is 303 g/mol. The van der Waals surface area contributed by atoms with Gasteiger partial charge in [0.25, 0.3) is 0 Å². The van der Waals surface area contributed by atoms with Crippen LogP contribution in [0.5, 0.6) is 0 Å². The summed E-state index contributed by atoms with van der Waals surface area (Å²) in [7, 11) is 1.64. The van der Waals surface area contributed by atoms with Crippen molar-refractivity contribution in [1.29, 1.82) is 0 Å². The average molecular weight is 313 g/mol. The maximum Gasteiger partial charge on any atom is -1.00 e. The predicted molar refractivity (Wildman–Crippen MR) is 30.0 cm³/mol. The monoisotopic (exact) mass is 313 g/mol. The summed E-state index contributed by atoms with van der Waals surface area (Å²) in [6.07, 6.45) is 0.891. The molecule has 0 saturated heterocycles. The molecule has 6 heteroatoms. The SMILES string of the molecule is CC[C](N)([Sn+3])OC.[Cl-].[Cl-].[Cl-]. The number of rotatable bonds is 2. The van der Waals surface area contributed by atoms with Gasteiger partial charge in [-0.3, -0.25) is 0 Å². The Balaban J connectivity index is -0.0000000600. The van der Waals surface area contributed by atoms with E-state index in [1.807, 2.05) is 6.92 Å². The van der Waals surface area contributed by atoms with E-state index < -0.39 is 0 Å². The van der Waals surface area contributed by atoms with Gasteiger partial charge in [-0.2, -0.15) is 0 Å². The summed E-state index contributed by atoms with van der Waals surface area (Å²) >= 11 is 1.24. The Labute approximate surface area is 94.0 Å². The van der Waals surface area contributed by atoms with E-state index in [1.54, 1.807) is 7.11 Å². The Bertz CT molecular complexity index is 58.5. The minimum Gasteiger partial charge on any atom is -1.00 e. The van der Waals surface area contributed by atoms with E-state index >= 15 is 0 Å². The van der Waals surface area contributed by atoms with Crippen molar-refractivity contribution in [2.24, 2.45) is 5.73 Å². The standard InChI is InChI=1S/C4H10NO.3ClH.Sn/c1-3-4(5)6-2;;;;/h3,5H2,1-2H3;3*1H;/q;;;;+3/p-3. The molecule has 0 aromatic carbocycles. The van der Waals surface area contributed by atoms with E-state index in [1.165, 1.54) is 22.5 Å². The van der Waals surface area contributed by atoms with Crippen LogP contribution in [-0.2, 0) is 4.74 Å². The molecule has 0 aromatic heterocycles. The largest absolute Gasteiger partial charge is 1.00 e. The summed E-state index contributed by atoms with van der Waals surface area (Å²) in [4.78, 5) is 0. The van der Waals surface area contributed by atoms with Gasteiger partial charge in [-0.1, -0.05) is 0 Å². The number of hydrogen-bond acceptors (Lipinski definition) is 2. The van der Waals surface area contributed by atoms with Gasteiger partial charge in [0.1, 0.15) is 0 Å². The van der Waals surface area contributed by atoms with Crippen LogP contribution in [0.15, 0.2) is 0 Å². The van der Waals surface area contributed by atoms with Crippen molar-refractivity contribution in [1.82, 2.24) is 0 Å². The maximum absolute atomic E-state index is 5.53. The molecule has 0 saturated carbocycles. The van der Waals surface area contributed by atoms with E-state index in [-0.39, 0.29) is 41.0 Å². The van der Waals surface area contributed by atoms with Crippen LogP contribution < -0.4 is 43.0 Å². The van der Waals surface area contributed by atoms with Crippen LogP contribution >= 0.6 is 0 Å². The number of nitrogens with two attached hydrogens (primary N) is 1. The molecule has 0 fully saturated rings. The van der Waals surface area contributed by atoms with Crippen LogP contribution in [0.25, 0.3) is 0 Å². The van der Waals surface area contributed by atoms with Crippen LogP contribution in [0.4, 0.5) is 0 Å². The Morgan fingerprint density at radius 3 is 1.70 bits per heavy atom. The third kappa shape index (κ3) is 12.3. The van der Waals surface area contributed by atoms with E-state index in [0.717, 1.165) is 6.42 Å². The quantitative estimate of drug-likeness (QED) is 0.406. The van der Waals surface area contributed by atoms with Gasteiger partial charge in [0, 0.05) is 0 Å². The van der Waals surface area contributed by atoms with Gasteiger partial charge in [0.15, 0.2) is 0 Å². The van der Waals surface area contributed by atoms with E-state index in [9.17, 15) is 0 Å². The zero-order valence-corrected chi connectivity index (χ0v) is 10.9. The molecule has 0 rings (SSSR count).